The van der Waals surface area contributed by atoms with Crippen molar-refractivity contribution >= 4 is 29.1 Å². The predicted molar refractivity (Wildman–Crippen MR) is 112 cm³/mol. The number of amides is 1. The number of carbonyl (C=O) groups is 2. The van der Waals surface area contributed by atoms with E-state index in [9.17, 15) is 9.59 Å². The van der Waals surface area contributed by atoms with Crippen LogP contribution in [0.3, 0.4) is 0 Å². The van der Waals surface area contributed by atoms with Gasteiger partial charge in [0, 0.05) is 11.4 Å². The van der Waals surface area contributed by atoms with Gasteiger partial charge in [-0.05, 0) is 56.7 Å². The average Bonchev–Trinajstić information content (AvgIpc) is 2.71. The molecule has 7 nitrogen and oxygen atoms in total. The summed E-state index contributed by atoms with van der Waals surface area (Å²) in [7, 11) is 0. The highest BCUT2D eigenvalue weighted by Gasteiger charge is 2.11. The van der Waals surface area contributed by atoms with Gasteiger partial charge in [-0.1, -0.05) is 17.7 Å². The highest BCUT2D eigenvalue weighted by Crippen LogP contribution is 2.20. The van der Waals surface area contributed by atoms with Crippen LogP contribution in [0, 0.1) is 13.8 Å². The van der Waals surface area contributed by atoms with Crippen molar-refractivity contribution in [2.75, 3.05) is 17.2 Å². The van der Waals surface area contributed by atoms with E-state index in [-0.39, 0.29) is 11.6 Å². The molecule has 0 radical (unpaired) electrons. The lowest BCUT2D eigenvalue weighted by Crippen LogP contribution is -2.14. The number of ether oxygens (including phenoxy) is 1. The van der Waals surface area contributed by atoms with Crippen LogP contribution in [0.5, 0.6) is 0 Å². The van der Waals surface area contributed by atoms with Crippen molar-refractivity contribution in [2.45, 2.75) is 20.8 Å². The molecule has 0 aliphatic heterocycles. The normalized spacial score (nSPS) is 10.3. The van der Waals surface area contributed by atoms with Crippen LogP contribution in [-0.4, -0.2) is 28.5 Å². The lowest BCUT2D eigenvalue weighted by atomic mass is 10.1. The number of aromatic nitrogens is 2. The summed E-state index contributed by atoms with van der Waals surface area (Å²) in [5.41, 5.74) is 4.37. The Morgan fingerprint density at radius 2 is 1.76 bits per heavy atom. The molecule has 0 aliphatic carbocycles. The molecular weight excluding hydrogens is 368 g/mol. The van der Waals surface area contributed by atoms with Gasteiger partial charge in [-0.15, -0.1) is 0 Å². The van der Waals surface area contributed by atoms with Crippen molar-refractivity contribution in [3.05, 3.63) is 77.2 Å². The number of hydrogen-bond donors (Lipinski definition) is 2. The molecule has 0 unspecified atom stereocenters. The Kier molecular flexibility index (Phi) is 6.19. The van der Waals surface area contributed by atoms with Crippen LogP contribution in [0.25, 0.3) is 0 Å². The fourth-order valence-corrected chi connectivity index (χ4v) is 2.70. The van der Waals surface area contributed by atoms with E-state index in [1.807, 2.05) is 26.0 Å². The maximum absolute atomic E-state index is 12.4. The number of nitrogens with one attached hydrogen (secondary N) is 2. The average molecular weight is 390 g/mol. The maximum atomic E-state index is 12.4. The van der Waals surface area contributed by atoms with Gasteiger partial charge in [0.2, 0.25) is 0 Å². The summed E-state index contributed by atoms with van der Waals surface area (Å²) in [6.07, 6.45) is 2.92. The summed E-state index contributed by atoms with van der Waals surface area (Å²) in [5.74, 6) is -0.241. The Morgan fingerprint density at radius 1 is 1.00 bits per heavy atom. The largest absolute Gasteiger partial charge is 0.462 e. The standard InChI is InChI=1S/C22H22N4O3/c1-4-29-22(28)16-6-8-17(9-7-16)25-21(27)19-12-24-20(13-23-19)26-18-10-5-14(2)11-15(18)3/h5-13H,4H2,1-3H3,(H,24,26)(H,25,27). The molecule has 1 amide bonds. The van der Waals surface area contributed by atoms with Crippen molar-refractivity contribution in [2.24, 2.45) is 0 Å². The van der Waals surface area contributed by atoms with E-state index in [0.29, 0.717) is 23.7 Å². The van der Waals surface area contributed by atoms with Crippen LogP contribution in [0.1, 0.15) is 38.9 Å². The number of hydrogen-bond acceptors (Lipinski definition) is 6. The zero-order chi connectivity index (χ0) is 20.8. The molecule has 2 aromatic carbocycles. The van der Waals surface area contributed by atoms with Gasteiger partial charge in [0.25, 0.3) is 5.91 Å². The fourth-order valence-electron chi connectivity index (χ4n) is 2.70. The first-order valence-electron chi connectivity index (χ1n) is 9.21. The smallest absolute Gasteiger partial charge is 0.338 e. The molecule has 2 N–H and O–H groups in total. The van der Waals surface area contributed by atoms with Crippen LogP contribution in [0.15, 0.2) is 54.9 Å². The molecule has 7 heteroatoms. The number of anilines is 3. The molecule has 148 valence electrons. The van der Waals surface area contributed by atoms with Crippen LogP contribution in [-0.2, 0) is 4.74 Å². The third-order valence-electron chi connectivity index (χ3n) is 4.18. The number of benzene rings is 2. The molecule has 0 atom stereocenters. The van der Waals surface area contributed by atoms with E-state index in [2.05, 4.69) is 26.7 Å². The van der Waals surface area contributed by atoms with Gasteiger partial charge in [0.05, 0.1) is 24.6 Å². The Bertz CT molecular complexity index is 1020. The quantitative estimate of drug-likeness (QED) is 0.611. The molecule has 0 aliphatic rings. The summed E-state index contributed by atoms with van der Waals surface area (Å²) < 4.78 is 4.93. The first-order chi connectivity index (χ1) is 14.0. The third kappa shape index (κ3) is 5.16. The number of nitrogens with zero attached hydrogens (tertiary/aromatic N) is 2. The second kappa shape index (κ2) is 8.97. The maximum Gasteiger partial charge on any atom is 0.338 e. The van der Waals surface area contributed by atoms with Crippen molar-refractivity contribution in [1.29, 1.82) is 0 Å². The Hall–Kier alpha value is -3.74. The van der Waals surface area contributed by atoms with Crippen LogP contribution in [0.4, 0.5) is 17.2 Å². The van der Waals surface area contributed by atoms with E-state index in [1.165, 1.54) is 18.0 Å². The summed E-state index contributed by atoms with van der Waals surface area (Å²) >= 11 is 0. The van der Waals surface area contributed by atoms with Crippen LogP contribution < -0.4 is 10.6 Å². The first kappa shape index (κ1) is 20.0. The Labute approximate surface area is 169 Å². The molecule has 3 aromatic rings. The van der Waals surface area contributed by atoms with Gasteiger partial charge < -0.3 is 15.4 Å². The van der Waals surface area contributed by atoms with Crippen LogP contribution in [0.2, 0.25) is 0 Å². The van der Waals surface area contributed by atoms with E-state index < -0.39 is 5.97 Å². The van der Waals surface area contributed by atoms with E-state index >= 15 is 0 Å². The van der Waals surface area contributed by atoms with Gasteiger partial charge in [0.1, 0.15) is 11.5 Å². The van der Waals surface area contributed by atoms with Gasteiger partial charge >= 0.3 is 5.97 Å². The molecule has 0 saturated heterocycles. The molecule has 0 bridgehead atoms. The molecule has 3 rings (SSSR count). The van der Waals surface area contributed by atoms with Gasteiger partial charge in [-0.2, -0.15) is 0 Å². The van der Waals surface area contributed by atoms with Gasteiger partial charge in [-0.25, -0.2) is 14.8 Å². The Morgan fingerprint density at radius 3 is 2.38 bits per heavy atom. The molecule has 0 fully saturated rings. The zero-order valence-electron chi connectivity index (χ0n) is 16.5. The first-order valence-corrected chi connectivity index (χ1v) is 9.21. The number of esters is 1. The molecule has 29 heavy (non-hydrogen) atoms. The summed E-state index contributed by atoms with van der Waals surface area (Å²) in [6, 6.07) is 12.5. The van der Waals surface area contributed by atoms with E-state index in [4.69, 9.17) is 4.74 Å². The predicted octanol–water partition coefficient (Wildman–Crippen LogP) is 4.27. The Balaban J connectivity index is 1.63. The van der Waals surface area contributed by atoms with Gasteiger partial charge in [-0.3, -0.25) is 4.79 Å². The third-order valence-corrected chi connectivity index (χ3v) is 4.18. The molecule has 1 aromatic heterocycles. The minimum atomic E-state index is -0.400. The number of rotatable bonds is 6. The van der Waals surface area contributed by atoms with Crippen molar-refractivity contribution in [3.8, 4) is 0 Å². The summed E-state index contributed by atoms with van der Waals surface area (Å²) in [4.78, 5) is 32.5. The van der Waals surface area contributed by atoms with Crippen molar-refractivity contribution < 1.29 is 14.3 Å². The lowest BCUT2D eigenvalue weighted by Gasteiger charge is -2.10. The zero-order valence-corrected chi connectivity index (χ0v) is 16.5. The molecular formula is C22H22N4O3. The fraction of sp³-hybridized carbons (Fsp3) is 0.182. The SMILES string of the molecule is CCOC(=O)c1ccc(NC(=O)c2cnc(Nc3ccc(C)cc3C)cn2)cc1. The molecule has 1 heterocycles. The minimum Gasteiger partial charge on any atom is -0.462 e. The highest BCUT2D eigenvalue weighted by molar-refractivity contribution is 6.03. The monoisotopic (exact) mass is 390 g/mol. The topological polar surface area (TPSA) is 93.2 Å². The molecule has 0 spiro atoms. The summed E-state index contributed by atoms with van der Waals surface area (Å²) in [6.45, 7) is 6.10. The van der Waals surface area contributed by atoms with Gasteiger partial charge in [0.15, 0.2) is 0 Å². The van der Waals surface area contributed by atoms with Crippen molar-refractivity contribution in [3.63, 3.8) is 0 Å². The highest BCUT2D eigenvalue weighted by atomic mass is 16.5. The number of aryl methyl sites for hydroxylation is 2. The second-order valence-corrected chi connectivity index (χ2v) is 6.48. The van der Waals surface area contributed by atoms with E-state index in [0.717, 1.165) is 11.3 Å². The second-order valence-electron chi connectivity index (χ2n) is 6.48. The van der Waals surface area contributed by atoms with Crippen molar-refractivity contribution in [1.82, 2.24) is 9.97 Å². The van der Waals surface area contributed by atoms with Crippen LogP contribution >= 0.6 is 0 Å². The lowest BCUT2D eigenvalue weighted by molar-refractivity contribution is 0.0526. The number of carbonyl (C=O) groups excluding carboxylic acids is 2. The van der Waals surface area contributed by atoms with E-state index in [1.54, 1.807) is 31.2 Å². The summed E-state index contributed by atoms with van der Waals surface area (Å²) in [5, 5.41) is 5.92. The molecule has 0 saturated carbocycles. The minimum absolute atomic E-state index is 0.186.